The van der Waals surface area contributed by atoms with Gasteiger partial charge in [0.25, 0.3) is 5.91 Å². The van der Waals surface area contributed by atoms with Crippen molar-refractivity contribution in [1.29, 1.82) is 0 Å². The molecule has 0 unspecified atom stereocenters. The Bertz CT molecular complexity index is 820. The van der Waals surface area contributed by atoms with Gasteiger partial charge < -0.3 is 14.8 Å². The number of imide groups is 1. The highest BCUT2D eigenvalue weighted by molar-refractivity contribution is 9.12. The van der Waals surface area contributed by atoms with Crippen molar-refractivity contribution in [2.24, 2.45) is 11.8 Å². The molecule has 30 heavy (non-hydrogen) atoms. The van der Waals surface area contributed by atoms with Crippen LogP contribution in [0.25, 0.3) is 0 Å². The Labute approximate surface area is 190 Å². The van der Waals surface area contributed by atoms with Crippen LogP contribution in [-0.4, -0.2) is 58.0 Å². The zero-order valence-corrected chi connectivity index (χ0v) is 19.5. The van der Waals surface area contributed by atoms with Crippen LogP contribution in [0.2, 0.25) is 0 Å². The SMILES string of the molecule is CCOc1ccccc1NC(=O)COC(=O)CN1C(=O)[C@@H]2C[C@@H](Br)[C@@H](Br)C[C@H]2C1=O. The van der Waals surface area contributed by atoms with Crippen molar-refractivity contribution >= 4 is 61.2 Å². The van der Waals surface area contributed by atoms with E-state index in [1.54, 1.807) is 24.3 Å². The van der Waals surface area contributed by atoms with Gasteiger partial charge in [-0.3, -0.25) is 24.1 Å². The maximum absolute atomic E-state index is 12.6. The minimum absolute atomic E-state index is 0.0886. The lowest BCUT2D eigenvalue weighted by Crippen LogP contribution is -2.37. The van der Waals surface area contributed by atoms with Gasteiger partial charge in [0, 0.05) is 9.65 Å². The van der Waals surface area contributed by atoms with Crippen molar-refractivity contribution in [3.05, 3.63) is 24.3 Å². The molecule has 1 saturated carbocycles. The number of fused-ring (bicyclic) bond motifs is 1. The molecule has 0 bridgehead atoms. The number of ether oxygens (including phenoxy) is 2. The highest BCUT2D eigenvalue weighted by atomic mass is 79.9. The maximum Gasteiger partial charge on any atom is 0.326 e. The van der Waals surface area contributed by atoms with Gasteiger partial charge in [0.15, 0.2) is 6.61 Å². The number of para-hydroxylation sites is 2. The molecular formula is C20H22Br2N2O6. The number of alkyl halides is 2. The van der Waals surface area contributed by atoms with E-state index < -0.39 is 36.9 Å². The summed E-state index contributed by atoms with van der Waals surface area (Å²) in [5, 5.41) is 2.61. The van der Waals surface area contributed by atoms with Crippen molar-refractivity contribution in [2.75, 3.05) is 25.1 Å². The summed E-state index contributed by atoms with van der Waals surface area (Å²) in [6.07, 6.45) is 1.05. The second kappa shape index (κ2) is 9.91. The molecule has 0 aromatic heterocycles. The quantitative estimate of drug-likeness (QED) is 0.321. The normalized spacial score (nSPS) is 25.6. The third-order valence-corrected chi connectivity index (χ3v) is 7.85. The van der Waals surface area contributed by atoms with Gasteiger partial charge in [-0.15, -0.1) is 0 Å². The van der Waals surface area contributed by atoms with E-state index in [2.05, 4.69) is 37.2 Å². The van der Waals surface area contributed by atoms with Gasteiger partial charge >= 0.3 is 5.97 Å². The molecule has 3 amide bonds. The molecule has 4 atom stereocenters. The molecule has 1 saturated heterocycles. The Balaban J connectivity index is 1.52. The summed E-state index contributed by atoms with van der Waals surface area (Å²) >= 11 is 7.03. The van der Waals surface area contributed by atoms with E-state index in [1.807, 2.05) is 6.92 Å². The van der Waals surface area contributed by atoms with Gasteiger partial charge in [-0.2, -0.15) is 0 Å². The molecule has 1 aromatic rings. The van der Waals surface area contributed by atoms with Crippen LogP contribution < -0.4 is 10.1 Å². The largest absolute Gasteiger partial charge is 0.492 e. The predicted octanol–water partition coefficient (Wildman–Crippen LogP) is 2.49. The highest BCUT2D eigenvalue weighted by Crippen LogP contribution is 2.43. The lowest BCUT2D eigenvalue weighted by molar-refractivity contribution is -0.154. The molecule has 0 spiro atoms. The number of hydrogen-bond acceptors (Lipinski definition) is 6. The van der Waals surface area contributed by atoms with E-state index in [4.69, 9.17) is 9.47 Å². The first-order chi connectivity index (χ1) is 14.3. The second-order valence-electron chi connectivity index (χ2n) is 7.12. The Hall–Kier alpha value is -1.94. The molecule has 1 heterocycles. The Morgan fingerprint density at radius 1 is 1.10 bits per heavy atom. The Morgan fingerprint density at radius 2 is 1.70 bits per heavy atom. The van der Waals surface area contributed by atoms with Gasteiger partial charge in [-0.25, -0.2) is 0 Å². The van der Waals surface area contributed by atoms with Crippen molar-refractivity contribution in [2.45, 2.75) is 29.4 Å². The summed E-state index contributed by atoms with van der Waals surface area (Å²) in [5.41, 5.74) is 0.461. The number of carbonyl (C=O) groups excluding carboxylic acids is 4. The van der Waals surface area contributed by atoms with E-state index >= 15 is 0 Å². The molecule has 1 N–H and O–H groups in total. The van der Waals surface area contributed by atoms with Crippen molar-refractivity contribution < 1.29 is 28.7 Å². The number of nitrogens with zero attached hydrogens (tertiary/aromatic N) is 1. The van der Waals surface area contributed by atoms with Crippen molar-refractivity contribution in [3.8, 4) is 5.75 Å². The van der Waals surface area contributed by atoms with Crippen LogP contribution in [0.5, 0.6) is 5.75 Å². The number of nitrogens with one attached hydrogen (secondary N) is 1. The highest BCUT2D eigenvalue weighted by Gasteiger charge is 2.52. The van der Waals surface area contributed by atoms with E-state index in [0.29, 0.717) is 30.9 Å². The fourth-order valence-electron chi connectivity index (χ4n) is 3.68. The van der Waals surface area contributed by atoms with Gasteiger partial charge in [0.2, 0.25) is 11.8 Å². The molecule has 2 fully saturated rings. The first-order valence-corrected chi connectivity index (χ1v) is 11.5. The number of likely N-dealkylation sites (tertiary alicyclic amines) is 1. The third-order valence-electron chi connectivity index (χ3n) is 5.12. The smallest absolute Gasteiger partial charge is 0.326 e. The zero-order chi connectivity index (χ0) is 21.8. The number of amides is 3. The lowest BCUT2D eigenvalue weighted by Gasteiger charge is -2.29. The first kappa shape index (κ1) is 22.7. The van der Waals surface area contributed by atoms with Crippen LogP contribution >= 0.6 is 31.9 Å². The topological polar surface area (TPSA) is 102 Å². The van der Waals surface area contributed by atoms with E-state index in [9.17, 15) is 19.2 Å². The fourth-order valence-corrected chi connectivity index (χ4v) is 4.92. The van der Waals surface area contributed by atoms with Crippen LogP contribution in [0, 0.1) is 11.8 Å². The minimum atomic E-state index is -0.811. The van der Waals surface area contributed by atoms with Gasteiger partial charge in [0.1, 0.15) is 12.3 Å². The number of halogens is 2. The standard InChI is InChI=1S/C20H22Br2N2O6/c1-2-29-16-6-4-3-5-15(16)23-17(25)10-30-18(26)9-24-19(27)11-7-13(21)14(22)8-12(11)20(24)28/h3-6,11-14H,2,7-10H2,1H3,(H,23,25)/t11-,12-,13-,14+/m1/s1. The summed E-state index contributed by atoms with van der Waals surface area (Å²) in [5.74, 6) is -2.43. The van der Waals surface area contributed by atoms with Gasteiger partial charge in [-0.1, -0.05) is 44.0 Å². The maximum atomic E-state index is 12.6. The van der Waals surface area contributed by atoms with Crippen LogP contribution in [0.15, 0.2) is 24.3 Å². The van der Waals surface area contributed by atoms with Gasteiger partial charge in [0.05, 0.1) is 24.1 Å². The molecule has 1 aliphatic heterocycles. The molecule has 1 aromatic carbocycles. The molecule has 2 aliphatic rings. The van der Waals surface area contributed by atoms with E-state index in [-0.39, 0.29) is 21.5 Å². The summed E-state index contributed by atoms with van der Waals surface area (Å²) in [6, 6.07) is 6.90. The predicted molar refractivity (Wildman–Crippen MR) is 116 cm³/mol. The molecule has 3 rings (SSSR count). The monoisotopic (exact) mass is 544 g/mol. The first-order valence-electron chi connectivity index (χ1n) is 9.62. The Morgan fingerprint density at radius 3 is 2.30 bits per heavy atom. The van der Waals surface area contributed by atoms with Crippen LogP contribution in [0.1, 0.15) is 19.8 Å². The van der Waals surface area contributed by atoms with Crippen LogP contribution in [0.4, 0.5) is 5.69 Å². The lowest BCUT2D eigenvalue weighted by atomic mass is 9.81. The fraction of sp³-hybridized carbons (Fsp3) is 0.500. The molecular weight excluding hydrogens is 524 g/mol. The summed E-state index contributed by atoms with van der Waals surface area (Å²) in [7, 11) is 0. The molecule has 10 heteroatoms. The Kier molecular flexibility index (Phi) is 7.51. The van der Waals surface area contributed by atoms with E-state index in [0.717, 1.165) is 4.90 Å². The van der Waals surface area contributed by atoms with Gasteiger partial charge in [-0.05, 0) is 31.9 Å². The minimum Gasteiger partial charge on any atom is -0.492 e. The van der Waals surface area contributed by atoms with Crippen molar-refractivity contribution in [3.63, 3.8) is 0 Å². The zero-order valence-electron chi connectivity index (χ0n) is 16.3. The number of esters is 1. The number of hydrogen-bond donors (Lipinski definition) is 1. The number of anilines is 1. The molecule has 8 nitrogen and oxygen atoms in total. The molecule has 0 radical (unpaired) electrons. The molecule has 1 aliphatic carbocycles. The number of carbonyl (C=O) groups is 4. The van der Waals surface area contributed by atoms with Crippen molar-refractivity contribution in [1.82, 2.24) is 4.90 Å². The van der Waals surface area contributed by atoms with E-state index in [1.165, 1.54) is 0 Å². The number of benzene rings is 1. The number of rotatable bonds is 7. The van der Waals surface area contributed by atoms with Crippen LogP contribution in [-0.2, 0) is 23.9 Å². The second-order valence-corrected chi connectivity index (χ2v) is 9.47. The average molecular weight is 546 g/mol. The summed E-state index contributed by atoms with van der Waals surface area (Å²) < 4.78 is 10.4. The summed E-state index contributed by atoms with van der Waals surface area (Å²) in [6.45, 7) is 1.24. The molecule has 162 valence electrons. The summed E-state index contributed by atoms with van der Waals surface area (Å²) in [4.78, 5) is 50.6. The average Bonchev–Trinajstić information content (AvgIpc) is 2.93. The van der Waals surface area contributed by atoms with Crippen LogP contribution in [0.3, 0.4) is 0 Å². The third kappa shape index (κ3) is 5.03.